The number of nitrogens with zero attached hydrogens (tertiary/aromatic N) is 3. The minimum absolute atomic E-state index is 0.0155. The smallest absolute Gasteiger partial charge is 0.299 e. The van der Waals surface area contributed by atoms with Gasteiger partial charge in [0.2, 0.25) is 10.6 Å². The van der Waals surface area contributed by atoms with Gasteiger partial charge >= 0.3 is 0 Å². The number of rotatable bonds is 7. The van der Waals surface area contributed by atoms with Crippen molar-refractivity contribution in [2.24, 2.45) is 5.10 Å². The van der Waals surface area contributed by atoms with Crippen molar-refractivity contribution in [3.05, 3.63) is 68.7 Å². The molecule has 1 N–H and O–H groups in total. The van der Waals surface area contributed by atoms with E-state index in [-0.39, 0.29) is 11.4 Å². The van der Waals surface area contributed by atoms with Gasteiger partial charge in [-0.25, -0.2) is 13.9 Å². The maximum Gasteiger partial charge on any atom is 0.299 e. The molecular formula is C18H15BrF2N4O2S. The summed E-state index contributed by atoms with van der Waals surface area (Å²) < 4.78 is 38.9. The fraction of sp³-hybridized carbons (Fsp3) is 0.167. The number of methoxy groups -OCH3 is 1. The van der Waals surface area contributed by atoms with Crippen molar-refractivity contribution in [1.29, 1.82) is 0 Å². The summed E-state index contributed by atoms with van der Waals surface area (Å²) in [5, 5.41) is 9.80. The summed E-state index contributed by atoms with van der Waals surface area (Å²) in [5.41, 5.74) is 1.44. The molecule has 0 aliphatic heterocycles. The Kier molecular flexibility index (Phi) is 6.53. The molecule has 0 amide bonds. The molecule has 0 bridgehead atoms. The molecule has 10 heteroatoms. The summed E-state index contributed by atoms with van der Waals surface area (Å²) in [6, 6.07) is 12.8. The van der Waals surface area contributed by atoms with Gasteiger partial charge in [0.15, 0.2) is 0 Å². The number of halogens is 3. The molecule has 0 spiro atoms. The number of hydrogen-bond acceptors (Lipinski definition) is 5. The second kappa shape index (κ2) is 9.07. The summed E-state index contributed by atoms with van der Waals surface area (Å²) >= 11 is 8.33. The standard InChI is InChI=1S/C18H15BrF2N4O2S/c1-26-15-6-5-11(9-22-25-17(16(20)21)23-24-18(25)28)7-12(15)10-27-14-4-2-3-13(19)8-14/h2-9,16H,10H2,1H3,(H,24,28). The van der Waals surface area contributed by atoms with Gasteiger partial charge in [0.05, 0.1) is 13.3 Å². The van der Waals surface area contributed by atoms with Crippen LogP contribution in [0.25, 0.3) is 0 Å². The molecule has 1 heterocycles. The average Bonchev–Trinajstić information content (AvgIpc) is 3.05. The maximum absolute atomic E-state index is 13.0. The molecule has 28 heavy (non-hydrogen) atoms. The summed E-state index contributed by atoms with van der Waals surface area (Å²) in [5.74, 6) is 0.787. The first-order valence-corrected chi connectivity index (χ1v) is 9.23. The molecule has 2 aromatic carbocycles. The van der Waals surface area contributed by atoms with Crippen molar-refractivity contribution < 1.29 is 18.3 Å². The highest BCUT2D eigenvalue weighted by Gasteiger charge is 2.16. The van der Waals surface area contributed by atoms with Crippen LogP contribution in [0.3, 0.4) is 0 Å². The average molecular weight is 469 g/mol. The van der Waals surface area contributed by atoms with Crippen LogP contribution in [0.15, 0.2) is 52.0 Å². The number of aromatic nitrogens is 3. The maximum atomic E-state index is 13.0. The van der Waals surface area contributed by atoms with E-state index >= 15 is 0 Å². The van der Waals surface area contributed by atoms with Crippen LogP contribution in [0.4, 0.5) is 8.78 Å². The van der Waals surface area contributed by atoms with Crippen molar-refractivity contribution >= 4 is 34.4 Å². The fourth-order valence-electron chi connectivity index (χ4n) is 2.39. The molecule has 0 saturated heterocycles. The quantitative estimate of drug-likeness (QED) is 0.386. The summed E-state index contributed by atoms with van der Waals surface area (Å²) in [4.78, 5) is 0. The lowest BCUT2D eigenvalue weighted by Crippen LogP contribution is -2.01. The van der Waals surface area contributed by atoms with E-state index in [4.69, 9.17) is 21.7 Å². The third kappa shape index (κ3) is 4.82. The molecule has 3 aromatic rings. The molecule has 3 rings (SSSR count). The van der Waals surface area contributed by atoms with Crippen LogP contribution in [0.1, 0.15) is 23.4 Å². The second-order valence-corrected chi connectivity index (χ2v) is 6.86. The molecule has 0 saturated carbocycles. The van der Waals surface area contributed by atoms with E-state index in [1.54, 1.807) is 25.3 Å². The van der Waals surface area contributed by atoms with E-state index in [1.807, 2.05) is 24.3 Å². The fourth-order valence-corrected chi connectivity index (χ4v) is 2.96. The molecular weight excluding hydrogens is 454 g/mol. The first kappa shape index (κ1) is 20.2. The van der Waals surface area contributed by atoms with Gasteiger partial charge in [-0.2, -0.15) is 14.9 Å². The zero-order valence-electron chi connectivity index (χ0n) is 14.6. The lowest BCUT2D eigenvalue weighted by molar-refractivity contribution is 0.136. The van der Waals surface area contributed by atoms with Gasteiger partial charge in [-0.3, -0.25) is 0 Å². The molecule has 146 valence electrons. The van der Waals surface area contributed by atoms with Gasteiger partial charge in [0.25, 0.3) is 6.43 Å². The Morgan fingerprint density at radius 1 is 1.32 bits per heavy atom. The van der Waals surface area contributed by atoms with Crippen LogP contribution in [-0.4, -0.2) is 28.2 Å². The van der Waals surface area contributed by atoms with Crippen LogP contribution in [-0.2, 0) is 6.61 Å². The van der Waals surface area contributed by atoms with E-state index in [0.717, 1.165) is 14.7 Å². The van der Waals surface area contributed by atoms with Crippen molar-refractivity contribution in [3.8, 4) is 11.5 Å². The largest absolute Gasteiger partial charge is 0.496 e. The predicted molar refractivity (Wildman–Crippen MR) is 107 cm³/mol. The van der Waals surface area contributed by atoms with Gasteiger partial charge in [0, 0.05) is 10.0 Å². The topological polar surface area (TPSA) is 64.4 Å². The summed E-state index contributed by atoms with van der Waals surface area (Å²) in [6.07, 6.45) is -1.38. The third-order valence-corrected chi connectivity index (χ3v) is 4.45. The van der Waals surface area contributed by atoms with Gasteiger partial charge in [-0.1, -0.05) is 22.0 Å². The second-order valence-electron chi connectivity index (χ2n) is 5.56. The zero-order valence-corrected chi connectivity index (χ0v) is 17.0. The summed E-state index contributed by atoms with van der Waals surface area (Å²) in [6.45, 7) is 0.259. The van der Waals surface area contributed by atoms with Crippen LogP contribution in [0, 0.1) is 4.77 Å². The molecule has 0 fully saturated rings. The molecule has 0 aliphatic carbocycles. The summed E-state index contributed by atoms with van der Waals surface area (Å²) in [7, 11) is 1.56. The molecule has 0 atom stereocenters. The van der Waals surface area contributed by atoms with Crippen molar-refractivity contribution in [2.75, 3.05) is 7.11 Å². The van der Waals surface area contributed by atoms with Crippen molar-refractivity contribution in [3.63, 3.8) is 0 Å². The first-order valence-electron chi connectivity index (χ1n) is 8.03. The van der Waals surface area contributed by atoms with Crippen LogP contribution >= 0.6 is 28.1 Å². The molecule has 1 aromatic heterocycles. The number of H-pyrrole nitrogens is 1. The number of alkyl halides is 2. The zero-order chi connectivity index (χ0) is 20.1. The first-order chi connectivity index (χ1) is 13.5. The SMILES string of the molecule is COc1ccc(C=Nn2c(C(F)F)n[nH]c2=S)cc1COc1cccc(Br)c1. The van der Waals surface area contributed by atoms with Crippen LogP contribution in [0.2, 0.25) is 0 Å². The van der Waals surface area contributed by atoms with Gasteiger partial charge in [0.1, 0.15) is 18.1 Å². The van der Waals surface area contributed by atoms with E-state index in [2.05, 4.69) is 31.2 Å². The van der Waals surface area contributed by atoms with E-state index in [9.17, 15) is 8.78 Å². The molecule has 0 aliphatic rings. The highest BCUT2D eigenvalue weighted by molar-refractivity contribution is 9.10. The highest BCUT2D eigenvalue weighted by Crippen LogP contribution is 2.24. The van der Waals surface area contributed by atoms with Crippen LogP contribution in [0.5, 0.6) is 11.5 Å². The Morgan fingerprint density at radius 3 is 2.86 bits per heavy atom. The Balaban J connectivity index is 1.83. The Morgan fingerprint density at radius 2 is 2.14 bits per heavy atom. The normalized spacial score (nSPS) is 11.3. The number of aromatic amines is 1. The third-order valence-electron chi connectivity index (χ3n) is 3.69. The number of benzene rings is 2. The monoisotopic (exact) mass is 468 g/mol. The van der Waals surface area contributed by atoms with Gasteiger partial charge in [-0.05, 0) is 54.2 Å². The lowest BCUT2D eigenvalue weighted by Gasteiger charge is -2.11. The minimum atomic E-state index is -2.80. The van der Waals surface area contributed by atoms with E-state index in [1.165, 1.54) is 6.21 Å². The molecule has 0 radical (unpaired) electrons. The van der Waals surface area contributed by atoms with Gasteiger partial charge < -0.3 is 9.47 Å². The number of hydrogen-bond donors (Lipinski definition) is 1. The lowest BCUT2D eigenvalue weighted by atomic mass is 10.1. The Bertz CT molecular complexity index is 1050. The predicted octanol–water partition coefficient (Wildman–Crippen LogP) is 5.11. The highest BCUT2D eigenvalue weighted by atomic mass is 79.9. The van der Waals surface area contributed by atoms with Crippen molar-refractivity contribution in [1.82, 2.24) is 14.9 Å². The van der Waals surface area contributed by atoms with Crippen LogP contribution < -0.4 is 9.47 Å². The van der Waals surface area contributed by atoms with Gasteiger partial charge in [-0.15, -0.1) is 0 Å². The Labute approximate surface area is 172 Å². The minimum Gasteiger partial charge on any atom is -0.496 e. The number of nitrogens with one attached hydrogen (secondary N) is 1. The molecule has 0 unspecified atom stereocenters. The molecule has 6 nitrogen and oxygen atoms in total. The van der Waals surface area contributed by atoms with Crippen molar-refractivity contribution in [2.45, 2.75) is 13.0 Å². The Hall–Kier alpha value is -2.59. The van der Waals surface area contributed by atoms with E-state index in [0.29, 0.717) is 17.1 Å². The van der Waals surface area contributed by atoms with E-state index < -0.39 is 12.2 Å². The number of ether oxygens (including phenoxy) is 2.